The highest BCUT2D eigenvalue weighted by Gasteiger charge is 2.29. The standard InChI is InChI=1S/C24H30N2O3/c1-19(27)29-23(17-21-11-6-3-7-12-21)24(28)26(18-22-13-8-15-25-22)16-14-20-9-4-2-5-10-20/h2-7,9-12,22-23,25H,8,13-18H2,1H3/t22-,23+/m0/s1. The van der Waals surface area contributed by atoms with Crippen LogP contribution in [-0.2, 0) is 27.2 Å². The van der Waals surface area contributed by atoms with Gasteiger partial charge in [-0.25, -0.2) is 0 Å². The Bertz CT molecular complexity index is 773. The summed E-state index contributed by atoms with van der Waals surface area (Å²) in [5.41, 5.74) is 2.17. The van der Waals surface area contributed by atoms with E-state index in [0.717, 1.165) is 31.4 Å². The summed E-state index contributed by atoms with van der Waals surface area (Å²) in [5, 5.41) is 3.47. The first-order chi connectivity index (χ1) is 14.1. The molecule has 0 saturated carbocycles. The Morgan fingerprint density at radius 2 is 1.72 bits per heavy atom. The molecular weight excluding hydrogens is 364 g/mol. The van der Waals surface area contributed by atoms with Gasteiger partial charge in [0.2, 0.25) is 0 Å². The fraction of sp³-hybridized carbons (Fsp3) is 0.417. The van der Waals surface area contributed by atoms with Crippen LogP contribution in [0.25, 0.3) is 0 Å². The van der Waals surface area contributed by atoms with Crippen LogP contribution >= 0.6 is 0 Å². The van der Waals surface area contributed by atoms with E-state index in [0.29, 0.717) is 25.6 Å². The fourth-order valence-corrected chi connectivity index (χ4v) is 3.79. The molecule has 2 aromatic carbocycles. The van der Waals surface area contributed by atoms with Crippen molar-refractivity contribution in [3.05, 3.63) is 71.8 Å². The number of nitrogens with one attached hydrogen (secondary N) is 1. The molecule has 1 saturated heterocycles. The maximum absolute atomic E-state index is 13.4. The van der Waals surface area contributed by atoms with E-state index in [-0.39, 0.29) is 5.91 Å². The monoisotopic (exact) mass is 394 g/mol. The van der Waals surface area contributed by atoms with E-state index in [9.17, 15) is 9.59 Å². The molecule has 0 aliphatic carbocycles. The number of carbonyl (C=O) groups is 2. The molecule has 1 heterocycles. The van der Waals surface area contributed by atoms with Crippen LogP contribution in [0.4, 0.5) is 0 Å². The zero-order chi connectivity index (χ0) is 20.5. The summed E-state index contributed by atoms with van der Waals surface area (Å²) in [4.78, 5) is 27.0. The van der Waals surface area contributed by atoms with Crippen molar-refractivity contribution in [2.24, 2.45) is 0 Å². The van der Waals surface area contributed by atoms with Gasteiger partial charge in [-0.3, -0.25) is 9.59 Å². The minimum Gasteiger partial charge on any atom is -0.452 e. The fourth-order valence-electron chi connectivity index (χ4n) is 3.79. The molecule has 0 spiro atoms. The van der Waals surface area contributed by atoms with Crippen LogP contribution in [0.5, 0.6) is 0 Å². The maximum Gasteiger partial charge on any atom is 0.303 e. The third-order valence-electron chi connectivity index (χ3n) is 5.28. The molecule has 0 radical (unpaired) electrons. The molecule has 5 nitrogen and oxygen atoms in total. The molecule has 29 heavy (non-hydrogen) atoms. The van der Waals surface area contributed by atoms with Gasteiger partial charge in [0.15, 0.2) is 6.10 Å². The summed E-state index contributed by atoms with van der Waals surface area (Å²) >= 11 is 0. The molecule has 0 unspecified atom stereocenters. The highest BCUT2D eigenvalue weighted by Crippen LogP contribution is 2.14. The lowest BCUT2D eigenvalue weighted by atomic mass is 10.1. The third kappa shape index (κ3) is 6.71. The molecule has 1 aliphatic rings. The minimum absolute atomic E-state index is 0.117. The summed E-state index contributed by atoms with van der Waals surface area (Å²) in [6.45, 7) is 3.59. The van der Waals surface area contributed by atoms with Crippen LogP contribution in [-0.4, -0.2) is 48.6 Å². The molecule has 3 rings (SSSR count). The lowest BCUT2D eigenvalue weighted by Gasteiger charge is -2.29. The van der Waals surface area contributed by atoms with Crippen molar-refractivity contribution in [3.63, 3.8) is 0 Å². The van der Waals surface area contributed by atoms with Crippen LogP contribution in [0.3, 0.4) is 0 Å². The number of nitrogens with zero attached hydrogens (tertiary/aromatic N) is 1. The van der Waals surface area contributed by atoms with E-state index in [4.69, 9.17) is 4.74 Å². The number of amides is 1. The van der Waals surface area contributed by atoms with Gasteiger partial charge in [-0.05, 0) is 36.9 Å². The minimum atomic E-state index is -0.799. The third-order valence-corrected chi connectivity index (χ3v) is 5.28. The first-order valence-electron chi connectivity index (χ1n) is 10.4. The van der Waals surface area contributed by atoms with Crippen LogP contribution in [0.1, 0.15) is 30.9 Å². The SMILES string of the molecule is CC(=O)O[C@H](Cc1ccccc1)C(=O)N(CCc1ccccc1)C[C@@H]1CCCN1. The van der Waals surface area contributed by atoms with Gasteiger partial charge in [0.1, 0.15) is 0 Å². The molecule has 1 aliphatic heterocycles. The van der Waals surface area contributed by atoms with Crippen LogP contribution in [0.2, 0.25) is 0 Å². The van der Waals surface area contributed by atoms with Crippen molar-refractivity contribution in [1.82, 2.24) is 10.2 Å². The summed E-state index contributed by atoms with van der Waals surface area (Å²) in [6.07, 6.45) is 2.55. The highest BCUT2D eigenvalue weighted by atomic mass is 16.5. The summed E-state index contributed by atoms with van der Waals surface area (Å²) in [5.74, 6) is -0.546. The topological polar surface area (TPSA) is 58.6 Å². The predicted octanol–water partition coefficient (Wildman–Crippen LogP) is 2.98. The van der Waals surface area contributed by atoms with E-state index in [1.165, 1.54) is 12.5 Å². The Kier molecular flexibility index (Phi) is 7.82. The zero-order valence-electron chi connectivity index (χ0n) is 17.0. The molecule has 1 N–H and O–H groups in total. The predicted molar refractivity (Wildman–Crippen MR) is 113 cm³/mol. The van der Waals surface area contributed by atoms with Crippen molar-refractivity contribution in [2.75, 3.05) is 19.6 Å². The number of hydrogen-bond donors (Lipinski definition) is 1. The molecule has 1 fully saturated rings. The average molecular weight is 395 g/mol. The van der Waals surface area contributed by atoms with Crippen LogP contribution < -0.4 is 5.32 Å². The van der Waals surface area contributed by atoms with Gasteiger partial charge in [0.05, 0.1) is 0 Å². The van der Waals surface area contributed by atoms with Crippen molar-refractivity contribution in [2.45, 2.75) is 44.8 Å². The van der Waals surface area contributed by atoms with E-state index in [1.54, 1.807) is 0 Å². The van der Waals surface area contributed by atoms with Gasteiger partial charge in [0.25, 0.3) is 5.91 Å². The lowest BCUT2D eigenvalue weighted by Crippen LogP contribution is -2.48. The largest absolute Gasteiger partial charge is 0.452 e. The Balaban J connectivity index is 1.73. The first-order valence-corrected chi connectivity index (χ1v) is 10.4. The van der Waals surface area contributed by atoms with Crippen molar-refractivity contribution >= 4 is 11.9 Å². The summed E-state index contributed by atoms with van der Waals surface area (Å²) in [7, 11) is 0. The van der Waals surface area contributed by atoms with Crippen molar-refractivity contribution < 1.29 is 14.3 Å². The number of hydrogen-bond acceptors (Lipinski definition) is 4. The second kappa shape index (κ2) is 10.8. The summed E-state index contributed by atoms with van der Waals surface area (Å²) in [6, 6.07) is 20.2. The second-order valence-corrected chi connectivity index (χ2v) is 7.60. The van der Waals surface area contributed by atoms with Crippen LogP contribution in [0, 0.1) is 0 Å². The normalized spacial score (nSPS) is 16.9. The van der Waals surface area contributed by atoms with Crippen molar-refractivity contribution in [3.8, 4) is 0 Å². The summed E-state index contributed by atoms with van der Waals surface area (Å²) < 4.78 is 5.46. The molecule has 2 atom stereocenters. The average Bonchev–Trinajstić information content (AvgIpc) is 3.24. The number of rotatable bonds is 9. The molecular formula is C24H30N2O3. The van der Waals surface area contributed by atoms with Crippen LogP contribution in [0.15, 0.2) is 60.7 Å². The maximum atomic E-state index is 13.4. The zero-order valence-corrected chi connectivity index (χ0v) is 17.0. The Morgan fingerprint density at radius 1 is 1.07 bits per heavy atom. The van der Waals surface area contributed by atoms with Gasteiger partial charge >= 0.3 is 5.97 Å². The Hall–Kier alpha value is -2.66. The van der Waals surface area contributed by atoms with Gasteiger partial charge < -0.3 is 15.0 Å². The van der Waals surface area contributed by atoms with Gasteiger partial charge in [-0.15, -0.1) is 0 Å². The van der Waals surface area contributed by atoms with Gasteiger partial charge in [0, 0.05) is 32.5 Å². The Morgan fingerprint density at radius 3 is 2.31 bits per heavy atom. The smallest absolute Gasteiger partial charge is 0.303 e. The molecule has 2 aromatic rings. The molecule has 154 valence electrons. The quantitative estimate of drug-likeness (QED) is 0.665. The van der Waals surface area contributed by atoms with E-state index >= 15 is 0 Å². The first kappa shape index (κ1) is 21.1. The molecule has 1 amide bonds. The molecule has 5 heteroatoms. The Labute approximate surface area is 173 Å². The number of benzene rings is 2. The van der Waals surface area contributed by atoms with Crippen molar-refractivity contribution in [1.29, 1.82) is 0 Å². The highest BCUT2D eigenvalue weighted by molar-refractivity contribution is 5.83. The van der Waals surface area contributed by atoms with E-state index < -0.39 is 12.1 Å². The van der Waals surface area contributed by atoms with Gasteiger partial charge in [-0.1, -0.05) is 60.7 Å². The van der Waals surface area contributed by atoms with E-state index in [2.05, 4.69) is 17.4 Å². The molecule has 0 aromatic heterocycles. The molecule has 0 bridgehead atoms. The second-order valence-electron chi connectivity index (χ2n) is 7.60. The number of carbonyl (C=O) groups excluding carboxylic acids is 2. The number of ether oxygens (including phenoxy) is 1. The lowest BCUT2D eigenvalue weighted by molar-refractivity contribution is -0.158. The number of esters is 1. The van der Waals surface area contributed by atoms with Gasteiger partial charge in [-0.2, -0.15) is 0 Å². The van der Waals surface area contributed by atoms with E-state index in [1.807, 2.05) is 53.4 Å².